The number of benzene rings is 3. The maximum Gasteiger partial charge on any atom is 0.338 e. The van der Waals surface area contributed by atoms with Crippen LogP contribution in [0.2, 0.25) is 5.02 Å². The van der Waals surface area contributed by atoms with Crippen molar-refractivity contribution in [2.45, 2.75) is 12.1 Å². The van der Waals surface area contributed by atoms with E-state index < -0.39 is 23.8 Å². The second-order valence-electron chi connectivity index (χ2n) is 12.3. The molecule has 7 rings (SSSR count). The summed E-state index contributed by atoms with van der Waals surface area (Å²) in [5, 5.41) is 12.6. The van der Waals surface area contributed by atoms with Crippen LogP contribution in [-0.4, -0.2) is 94.1 Å². The summed E-state index contributed by atoms with van der Waals surface area (Å²) in [6.07, 6.45) is 3.42. The molecule has 2 N–H and O–H groups in total. The molecule has 2 fully saturated rings. The minimum atomic E-state index is -1.01. The van der Waals surface area contributed by atoms with Gasteiger partial charge in [0.1, 0.15) is 23.4 Å². The van der Waals surface area contributed by atoms with Gasteiger partial charge in [0.05, 0.1) is 24.3 Å². The monoisotopic (exact) mass is 713 g/mol. The summed E-state index contributed by atoms with van der Waals surface area (Å²) in [6.45, 7) is 2.31. The number of carboxylic acids is 1. The molecule has 13 nitrogen and oxygen atoms in total. The quantitative estimate of drug-likeness (QED) is 0.233. The number of amidine groups is 1. The van der Waals surface area contributed by atoms with E-state index in [1.54, 1.807) is 46.1 Å². The first-order chi connectivity index (χ1) is 24.6. The molecule has 15 heteroatoms. The Morgan fingerprint density at radius 1 is 1.04 bits per heavy atom. The van der Waals surface area contributed by atoms with Crippen LogP contribution in [0.3, 0.4) is 0 Å². The minimum absolute atomic E-state index is 0.0990. The molecule has 3 aliphatic heterocycles. The Balaban J connectivity index is 1.10. The smallest absolute Gasteiger partial charge is 0.338 e. The predicted octanol–water partition coefficient (Wildman–Crippen LogP) is 4.85. The molecule has 0 radical (unpaired) electrons. The predicted molar refractivity (Wildman–Crippen MR) is 186 cm³/mol. The average Bonchev–Trinajstić information content (AvgIpc) is 3.70. The van der Waals surface area contributed by atoms with Gasteiger partial charge in [-0.05, 0) is 60.7 Å². The lowest BCUT2D eigenvalue weighted by Gasteiger charge is -2.38. The number of carbonyl (C=O) groups is 3. The van der Waals surface area contributed by atoms with Crippen molar-refractivity contribution in [3.63, 3.8) is 0 Å². The van der Waals surface area contributed by atoms with E-state index in [1.807, 2.05) is 24.1 Å². The number of aliphatic imine (C=N–C) groups is 1. The highest BCUT2D eigenvalue weighted by Gasteiger charge is 2.42. The van der Waals surface area contributed by atoms with Crippen LogP contribution in [0.15, 0.2) is 95.4 Å². The van der Waals surface area contributed by atoms with Crippen LogP contribution in [0.1, 0.15) is 27.8 Å². The number of hydrogen-bond acceptors (Lipinski definition) is 9. The van der Waals surface area contributed by atoms with Gasteiger partial charge >= 0.3 is 18.0 Å². The van der Waals surface area contributed by atoms with Crippen LogP contribution < -0.4 is 15.0 Å². The van der Waals surface area contributed by atoms with Crippen LogP contribution in [0.25, 0.3) is 0 Å². The normalized spacial score (nSPS) is 19.1. The number of carboxylic acid groups (broad SMARTS) is 1. The topological polar surface area (TPSA) is 142 Å². The molecule has 262 valence electrons. The number of aryl methyl sites for hydroxylation is 1. The van der Waals surface area contributed by atoms with E-state index in [0.29, 0.717) is 72.8 Å². The summed E-state index contributed by atoms with van der Waals surface area (Å²) in [5.74, 6) is -0.140. The molecule has 4 heterocycles. The summed E-state index contributed by atoms with van der Waals surface area (Å²) in [5.41, 5.74) is 2.12. The number of anilines is 1. The van der Waals surface area contributed by atoms with Crippen molar-refractivity contribution in [3.05, 3.63) is 118 Å². The molecular formula is C36H33ClFN7O6. The fourth-order valence-corrected chi connectivity index (χ4v) is 6.85. The second kappa shape index (κ2) is 13.9. The molecule has 0 spiro atoms. The molecule has 1 unspecified atom stereocenters. The highest BCUT2D eigenvalue weighted by Crippen LogP contribution is 2.37. The van der Waals surface area contributed by atoms with Gasteiger partial charge in [0, 0.05) is 74.1 Å². The summed E-state index contributed by atoms with van der Waals surface area (Å²) in [4.78, 5) is 53.1. The van der Waals surface area contributed by atoms with E-state index in [4.69, 9.17) is 31.2 Å². The van der Waals surface area contributed by atoms with Gasteiger partial charge in [0.2, 0.25) is 0 Å². The molecule has 2 amide bonds. The van der Waals surface area contributed by atoms with Gasteiger partial charge in [0.25, 0.3) is 0 Å². The van der Waals surface area contributed by atoms with Gasteiger partial charge in [-0.3, -0.25) is 14.8 Å². The Hall–Kier alpha value is -5.73. The van der Waals surface area contributed by atoms with Gasteiger partial charge in [-0.15, -0.1) is 0 Å². The van der Waals surface area contributed by atoms with Crippen molar-refractivity contribution in [2.75, 3.05) is 44.7 Å². The Kier molecular flexibility index (Phi) is 9.19. The maximum atomic E-state index is 14.1. The first kappa shape index (κ1) is 33.8. The molecule has 0 aliphatic carbocycles. The number of piperazine rings is 1. The molecule has 3 aliphatic rings. The van der Waals surface area contributed by atoms with Crippen LogP contribution in [0, 0.1) is 5.82 Å². The fourth-order valence-electron chi connectivity index (χ4n) is 6.58. The van der Waals surface area contributed by atoms with E-state index >= 15 is 0 Å². The SMILES string of the molecule is COC(=O)C1=C(CN2CCN3C(=O)N(c4ccc(Oc5ccc(C(=O)O)cc5)cc4)CC3C2)NC(c2nccn2C)=N[C@H]1c1ccc(F)cc1Cl. The number of carbonyl (C=O) groups excluding carboxylic acids is 2. The van der Waals surface area contributed by atoms with Gasteiger partial charge in [-0.2, -0.15) is 0 Å². The summed E-state index contributed by atoms with van der Waals surface area (Å²) < 4.78 is 26.9. The van der Waals surface area contributed by atoms with E-state index in [9.17, 15) is 18.8 Å². The number of amides is 2. The number of fused-ring (bicyclic) bond motifs is 1. The van der Waals surface area contributed by atoms with Crippen LogP contribution >= 0.6 is 11.6 Å². The van der Waals surface area contributed by atoms with Crippen molar-refractivity contribution in [1.82, 2.24) is 24.7 Å². The molecule has 0 bridgehead atoms. The van der Waals surface area contributed by atoms with Gasteiger partial charge < -0.3 is 29.4 Å². The van der Waals surface area contributed by atoms with Crippen LogP contribution in [0.5, 0.6) is 11.5 Å². The Bertz CT molecular complexity index is 2070. The average molecular weight is 714 g/mol. The zero-order chi connectivity index (χ0) is 35.8. The van der Waals surface area contributed by atoms with Gasteiger partial charge in [-0.25, -0.2) is 23.8 Å². The van der Waals surface area contributed by atoms with Crippen molar-refractivity contribution in [2.24, 2.45) is 12.0 Å². The Morgan fingerprint density at radius 2 is 1.76 bits per heavy atom. The zero-order valence-electron chi connectivity index (χ0n) is 27.6. The minimum Gasteiger partial charge on any atom is -0.478 e. The molecular weight excluding hydrogens is 681 g/mol. The highest BCUT2D eigenvalue weighted by molar-refractivity contribution is 6.31. The Morgan fingerprint density at radius 3 is 2.41 bits per heavy atom. The number of aromatic carboxylic acids is 1. The molecule has 3 aromatic carbocycles. The third-order valence-electron chi connectivity index (χ3n) is 9.13. The first-order valence-corrected chi connectivity index (χ1v) is 16.5. The van der Waals surface area contributed by atoms with Crippen molar-refractivity contribution < 1.29 is 33.4 Å². The molecule has 2 atom stereocenters. The molecule has 0 saturated carbocycles. The summed E-state index contributed by atoms with van der Waals surface area (Å²) in [7, 11) is 3.12. The number of aromatic nitrogens is 2. The van der Waals surface area contributed by atoms with Crippen LogP contribution in [-0.2, 0) is 16.6 Å². The van der Waals surface area contributed by atoms with E-state index in [1.165, 1.54) is 37.4 Å². The summed E-state index contributed by atoms with van der Waals surface area (Å²) in [6, 6.07) is 16.1. The van der Waals surface area contributed by atoms with Crippen LogP contribution in [0.4, 0.5) is 14.9 Å². The third kappa shape index (κ3) is 6.75. The largest absolute Gasteiger partial charge is 0.478 e. The van der Waals surface area contributed by atoms with Gasteiger partial charge in [-0.1, -0.05) is 17.7 Å². The number of rotatable bonds is 9. The molecule has 1 aromatic heterocycles. The molecule has 4 aromatic rings. The lowest BCUT2D eigenvalue weighted by atomic mass is 9.95. The lowest BCUT2D eigenvalue weighted by molar-refractivity contribution is -0.136. The number of imidazole rings is 1. The summed E-state index contributed by atoms with van der Waals surface area (Å²) >= 11 is 6.52. The number of halogens is 2. The number of hydrogen-bond donors (Lipinski definition) is 2. The standard InChI is InChI=1S/C36H33ClFN7O6/c1-42-14-13-39-33(42)32-40-29(30(35(48)50-2)31(41-32)27-12-5-22(38)17-28(27)37)20-43-15-16-44-24(18-43)19-45(36(44)49)23-6-10-26(11-7-23)51-25-8-3-21(4-9-25)34(46)47/h3-14,17,24,31H,15-16,18-20H2,1-2H3,(H,40,41)(H,46,47)/t24?,31-/m0/s1. The maximum absolute atomic E-state index is 14.1. The van der Waals surface area contributed by atoms with Crippen molar-refractivity contribution >= 4 is 41.1 Å². The fraction of sp³-hybridized carbons (Fsp3) is 0.250. The van der Waals surface area contributed by atoms with Crippen molar-refractivity contribution in [3.8, 4) is 11.5 Å². The highest BCUT2D eigenvalue weighted by atomic mass is 35.5. The molecule has 51 heavy (non-hydrogen) atoms. The number of nitrogens with one attached hydrogen (secondary N) is 1. The number of esters is 1. The number of nitrogens with zero attached hydrogens (tertiary/aromatic N) is 6. The third-order valence-corrected chi connectivity index (χ3v) is 9.45. The first-order valence-electron chi connectivity index (χ1n) is 16.1. The van der Waals surface area contributed by atoms with Gasteiger partial charge in [0.15, 0.2) is 11.7 Å². The van der Waals surface area contributed by atoms with E-state index in [2.05, 4.69) is 15.2 Å². The lowest BCUT2D eigenvalue weighted by Crippen LogP contribution is -2.53. The van der Waals surface area contributed by atoms with E-state index in [-0.39, 0.29) is 28.2 Å². The number of urea groups is 1. The number of methoxy groups -OCH3 is 1. The number of ether oxygens (including phenoxy) is 2. The second-order valence-corrected chi connectivity index (χ2v) is 12.7. The van der Waals surface area contributed by atoms with Crippen molar-refractivity contribution in [1.29, 1.82) is 0 Å². The van der Waals surface area contributed by atoms with E-state index in [0.717, 1.165) is 0 Å². The molecule has 2 saturated heterocycles. The zero-order valence-corrected chi connectivity index (χ0v) is 28.4. The Labute approximate surface area is 297 Å².